The van der Waals surface area contributed by atoms with E-state index < -0.39 is 6.36 Å². The molecule has 0 bridgehead atoms. The molecule has 0 saturated carbocycles. The maximum atomic E-state index is 12.3. The van der Waals surface area contributed by atoms with Crippen molar-refractivity contribution >= 4 is 38.4 Å². The monoisotopic (exact) mass is 445 g/mol. The summed E-state index contributed by atoms with van der Waals surface area (Å²) in [4.78, 5) is 4.53. The lowest BCUT2D eigenvalue weighted by atomic mass is 10.0. The highest BCUT2D eigenvalue weighted by atomic mass is 79.9. The minimum atomic E-state index is -4.75. The largest absolute Gasteiger partial charge is 0.573 e. The number of methoxy groups -OCH3 is 1. The molecule has 3 rings (SSSR count). The highest BCUT2D eigenvalue weighted by Crippen LogP contribution is 2.43. The topological polar surface area (TPSA) is 31.4 Å². The summed E-state index contributed by atoms with van der Waals surface area (Å²) in [7, 11) is 1.46. The Morgan fingerprint density at radius 1 is 1.08 bits per heavy atom. The Labute approximate surface area is 160 Å². The first-order chi connectivity index (χ1) is 12.2. The molecular weight excluding hydrogens is 435 g/mol. The number of pyridine rings is 1. The molecule has 0 radical (unpaired) electrons. The van der Waals surface area contributed by atoms with Crippen molar-refractivity contribution in [3.63, 3.8) is 0 Å². The summed E-state index contributed by atoms with van der Waals surface area (Å²) in [5, 5.41) is 1.10. The second-order valence-corrected chi connectivity index (χ2v) is 6.70. The van der Waals surface area contributed by atoms with E-state index in [2.05, 4.69) is 25.7 Å². The van der Waals surface area contributed by atoms with Crippen molar-refractivity contribution in [3.8, 4) is 22.8 Å². The van der Waals surface area contributed by atoms with Crippen LogP contribution in [0.1, 0.15) is 5.56 Å². The molecule has 136 valence electrons. The zero-order chi connectivity index (χ0) is 19.1. The molecule has 2 aromatic carbocycles. The number of halogens is 5. The van der Waals surface area contributed by atoms with E-state index in [9.17, 15) is 13.2 Å². The molecule has 1 heterocycles. The Balaban J connectivity index is 2.18. The molecular formula is C18H12BrClF3NO2. The number of fused-ring (bicyclic) bond motifs is 1. The normalized spacial score (nSPS) is 11.7. The number of hydrogen-bond acceptors (Lipinski definition) is 3. The van der Waals surface area contributed by atoms with Crippen molar-refractivity contribution in [2.75, 3.05) is 7.11 Å². The van der Waals surface area contributed by atoms with E-state index in [0.717, 1.165) is 10.0 Å². The van der Waals surface area contributed by atoms with E-state index in [1.807, 2.05) is 19.1 Å². The molecule has 0 atom stereocenters. The minimum Gasteiger partial charge on any atom is -0.480 e. The average Bonchev–Trinajstić information content (AvgIpc) is 2.57. The number of hydrogen-bond donors (Lipinski definition) is 0. The zero-order valence-electron chi connectivity index (χ0n) is 13.6. The van der Waals surface area contributed by atoms with Gasteiger partial charge in [-0.1, -0.05) is 45.7 Å². The second kappa shape index (κ2) is 6.96. The lowest BCUT2D eigenvalue weighted by Crippen LogP contribution is -2.16. The Kier molecular flexibility index (Phi) is 5.03. The summed E-state index contributed by atoms with van der Waals surface area (Å²) in [6, 6.07) is 9.14. The molecule has 0 aliphatic rings. The van der Waals surface area contributed by atoms with Gasteiger partial charge in [0.15, 0.2) is 0 Å². The van der Waals surface area contributed by atoms with Crippen LogP contribution in [0.3, 0.4) is 0 Å². The van der Waals surface area contributed by atoms with Crippen LogP contribution in [0.15, 0.2) is 40.9 Å². The molecule has 3 aromatic rings. The van der Waals surface area contributed by atoms with E-state index >= 15 is 0 Å². The fourth-order valence-electron chi connectivity index (χ4n) is 2.62. The van der Waals surface area contributed by atoms with Crippen molar-refractivity contribution in [2.24, 2.45) is 0 Å². The van der Waals surface area contributed by atoms with Crippen LogP contribution in [0.4, 0.5) is 13.2 Å². The van der Waals surface area contributed by atoms with Gasteiger partial charge >= 0.3 is 6.36 Å². The number of aryl methyl sites for hydroxylation is 1. The molecule has 1 aromatic heterocycles. The van der Waals surface area contributed by atoms with Crippen molar-refractivity contribution in [3.05, 3.63) is 51.5 Å². The molecule has 0 amide bonds. The first-order valence-electron chi connectivity index (χ1n) is 7.39. The highest BCUT2D eigenvalue weighted by molar-refractivity contribution is 9.10. The van der Waals surface area contributed by atoms with Crippen molar-refractivity contribution in [2.45, 2.75) is 13.3 Å². The fraction of sp³-hybridized carbons (Fsp3) is 0.167. The average molecular weight is 447 g/mol. The van der Waals surface area contributed by atoms with Crippen LogP contribution < -0.4 is 9.47 Å². The van der Waals surface area contributed by atoms with Gasteiger partial charge in [-0.3, -0.25) is 0 Å². The van der Waals surface area contributed by atoms with E-state index in [1.54, 1.807) is 0 Å². The van der Waals surface area contributed by atoms with Crippen molar-refractivity contribution in [1.82, 2.24) is 4.98 Å². The third-order valence-corrected chi connectivity index (χ3v) is 4.80. The molecule has 0 aliphatic heterocycles. The van der Waals surface area contributed by atoms with Gasteiger partial charge in [-0.15, -0.1) is 13.2 Å². The van der Waals surface area contributed by atoms with Gasteiger partial charge < -0.3 is 9.47 Å². The number of nitrogens with zero attached hydrogens (tertiary/aromatic N) is 1. The smallest absolute Gasteiger partial charge is 0.480 e. The highest BCUT2D eigenvalue weighted by Gasteiger charge is 2.31. The van der Waals surface area contributed by atoms with Crippen molar-refractivity contribution < 1.29 is 22.6 Å². The van der Waals surface area contributed by atoms with Gasteiger partial charge in [0, 0.05) is 9.86 Å². The SMILES string of the molecule is COc1nc2c(C)ccc(Br)c2c(Cl)c1-c1ccc(OC(F)(F)F)cc1. The molecule has 0 fully saturated rings. The molecule has 0 N–H and O–H groups in total. The van der Waals surface area contributed by atoms with Crippen LogP contribution in [0.2, 0.25) is 5.02 Å². The predicted octanol–water partition coefficient (Wildman–Crippen LogP) is 6.53. The lowest BCUT2D eigenvalue weighted by molar-refractivity contribution is -0.274. The Morgan fingerprint density at radius 3 is 2.31 bits per heavy atom. The third-order valence-electron chi connectivity index (χ3n) is 3.76. The number of ether oxygens (including phenoxy) is 2. The third kappa shape index (κ3) is 3.59. The standard InChI is InChI=1S/C18H12BrClF3NO2/c1-9-3-8-12(19)14-15(20)13(17(25-2)24-16(9)14)10-4-6-11(7-5-10)26-18(21,22)23/h3-8H,1-2H3. The number of benzene rings is 2. The Bertz CT molecular complexity index is 975. The number of rotatable bonds is 3. The molecule has 0 aliphatic carbocycles. The van der Waals surface area contributed by atoms with Crippen LogP contribution in [-0.4, -0.2) is 18.5 Å². The quantitative estimate of drug-likeness (QED) is 0.458. The summed E-state index contributed by atoms with van der Waals surface area (Å²) >= 11 is 10.1. The van der Waals surface area contributed by atoms with Crippen LogP contribution in [0.25, 0.3) is 22.0 Å². The predicted molar refractivity (Wildman–Crippen MR) is 97.9 cm³/mol. The van der Waals surface area contributed by atoms with Gasteiger partial charge in [-0.25, -0.2) is 4.98 Å². The summed E-state index contributed by atoms with van der Waals surface area (Å²) in [5.41, 5.74) is 2.65. The first-order valence-corrected chi connectivity index (χ1v) is 8.57. The van der Waals surface area contributed by atoms with E-state index in [-0.39, 0.29) is 11.6 Å². The molecule has 0 saturated heterocycles. The van der Waals surface area contributed by atoms with Crippen LogP contribution >= 0.6 is 27.5 Å². The fourth-order valence-corrected chi connectivity index (χ4v) is 3.63. The summed E-state index contributed by atoms with van der Waals surface area (Å²) < 4.78 is 47.0. The molecule has 3 nitrogen and oxygen atoms in total. The lowest BCUT2D eigenvalue weighted by Gasteiger charge is -2.15. The summed E-state index contributed by atoms with van der Waals surface area (Å²) in [6.45, 7) is 1.90. The minimum absolute atomic E-state index is 0.285. The first kappa shape index (κ1) is 18.8. The van der Waals surface area contributed by atoms with Crippen LogP contribution in [0, 0.1) is 6.92 Å². The molecule has 8 heteroatoms. The van der Waals surface area contributed by atoms with E-state index in [1.165, 1.54) is 31.4 Å². The van der Waals surface area contributed by atoms with Gasteiger partial charge in [0.05, 0.1) is 23.2 Å². The van der Waals surface area contributed by atoms with Gasteiger partial charge in [-0.2, -0.15) is 0 Å². The van der Waals surface area contributed by atoms with E-state index in [4.69, 9.17) is 16.3 Å². The Hall–Kier alpha value is -1.99. The Morgan fingerprint density at radius 2 is 1.73 bits per heavy atom. The van der Waals surface area contributed by atoms with Gasteiger partial charge in [0.2, 0.25) is 5.88 Å². The second-order valence-electron chi connectivity index (χ2n) is 5.47. The van der Waals surface area contributed by atoms with Gasteiger partial charge in [0.25, 0.3) is 0 Å². The maximum Gasteiger partial charge on any atom is 0.573 e. The van der Waals surface area contributed by atoms with Gasteiger partial charge in [0.1, 0.15) is 5.75 Å². The molecule has 0 unspecified atom stereocenters. The maximum absolute atomic E-state index is 12.3. The van der Waals surface area contributed by atoms with Crippen molar-refractivity contribution in [1.29, 1.82) is 0 Å². The van der Waals surface area contributed by atoms with Crippen LogP contribution in [-0.2, 0) is 0 Å². The number of aromatic nitrogens is 1. The van der Waals surface area contributed by atoms with E-state index in [0.29, 0.717) is 27.1 Å². The number of alkyl halides is 3. The molecule has 0 spiro atoms. The van der Waals surface area contributed by atoms with Crippen LogP contribution in [0.5, 0.6) is 11.6 Å². The molecule has 26 heavy (non-hydrogen) atoms. The summed E-state index contributed by atoms with van der Waals surface area (Å²) in [6.07, 6.45) is -4.75. The summed E-state index contributed by atoms with van der Waals surface area (Å²) in [5.74, 6) is -0.0321. The van der Waals surface area contributed by atoms with Gasteiger partial charge in [-0.05, 0) is 36.2 Å². The zero-order valence-corrected chi connectivity index (χ0v) is 16.0.